The first-order valence-electron chi connectivity index (χ1n) is 5.40. The minimum absolute atomic E-state index is 0.0114. The Morgan fingerprint density at radius 3 is 2.41 bits per heavy atom. The monoisotopic (exact) mass is 226 g/mol. The van der Waals surface area contributed by atoms with Gasteiger partial charge in [-0.3, -0.25) is 4.79 Å². The second-order valence-electron chi connectivity index (χ2n) is 4.04. The lowest BCUT2D eigenvalue weighted by Crippen LogP contribution is -1.98. The highest BCUT2D eigenvalue weighted by Crippen LogP contribution is 2.22. The average molecular weight is 226 g/mol. The standard InChI is InChI=1S/C15H14O2/c1-10(2)15(16)13-5-4-12-9-14(17-3)7-6-11(12)8-13/h4-9H,1H2,2-3H3. The molecule has 86 valence electrons. The summed E-state index contributed by atoms with van der Waals surface area (Å²) in [7, 11) is 1.64. The molecular formula is C15H14O2. The lowest BCUT2D eigenvalue weighted by atomic mass is 10.0. The van der Waals surface area contributed by atoms with Crippen LogP contribution >= 0.6 is 0 Å². The van der Waals surface area contributed by atoms with Crippen LogP contribution in [0.3, 0.4) is 0 Å². The first-order chi connectivity index (χ1) is 8.11. The average Bonchev–Trinajstić information content (AvgIpc) is 2.36. The van der Waals surface area contributed by atoms with Gasteiger partial charge in [0.1, 0.15) is 5.75 Å². The molecule has 2 aromatic rings. The first kappa shape index (κ1) is 11.4. The highest BCUT2D eigenvalue weighted by atomic mass is 16.5. The fraction of sp³-hybridized carbons (Fsp3) is 0.133. The van der Waals surface area contributed by atoms with Gasteiger partial charge >= 0.3 is 0 Å². The molecule has 0 amide bonds. The fourth-order valence-electron chi connectivity index (χ4n) is 1.74. The van der Waals surface area contributed by atoms with Crippen molar-refractivity contribution in [3.63, 3.8) is 0 Å². The van der Waals surface area contributed by atoms with Crippen molar-refractivity contribution in [1.82, 2.24) is 0 Å². The van der Waals surface area contributed by atoms with Gasteiger partial charge in [0.25, 0.3) is 0 Å². The zero-order valence-electron chi connectivity index (χ0n) is 9.99. The van der Waals surface area contributed by atoms with E-state index in [4.69, 9.17) is 4.74 Å². The Labute approximate surface area is 101 Å². The maximum absolute atomic E-state index is 11.8. The quantitative estimate of drug-likeness (QED) is 0.590. The van der Waals surface area contributed by atoms with Crippen molar-refractivity contribution in [1.29, 1.82) is 0 Å². The number of ketones is 1. The zero-order chi connectivity index (χ0) is 12.4. The van der Waals surface area contributed by atoms with E-state index in [0.717, 1.165) is 16.5 Å². The van der Waals surface area contributed by atoms with Crippen molar-refractivity contribution in [3.8, 4) is 5.75 Å². The molecule has 0 unspecified atom stereocenters. The molecule has 0 saturated heterocycles. The van der Waals surface area contributed by atoms with Gasteiger partial charge in [-0.1, -0.05) is 24.8 Å². The number of fused-ring (bicyclic) bond motifs is 1. The molecular weight excluding hydrogens is 212 g/mol. The number of ether oxygens (including phenoxy) is 1. The number of benzene rings is 2. The van der Waals surface area contributed by atoms with E-state index in [1.807, 2.05) is 36.4 Å². The lowest BCUT2D eigenvalue weighted by molar-refractivity contribution is 0.103. The third-order valence-electron chi connectivity index (χ3n) is 2.70. The normalized spacial score (nSPS) is 10.2. The van der Waals surface area contributed by atoms with Crippen molar-refractivity contribution in [3.05, 3.63) is 54.1 Å². The zero-order valence-corrected chi connectivity index (χ0v) is 9.99. The maximum atomic E-state index is 11.8. The van der Waals surface area contributed by atoms with E-state index in [-0.39, 0.29) is 5.78 Å². The number of carbonyl (C=O) groups excluding carboxylic acids is 1. The molecule has 2 heteroatoms. The Morgan fingerprint density at radius 1 is 1.12 bits per heavy atom. The van der Waals surface area contributed by atoms with E-state index in [1.54, 1.807) is 14.0 Å². The van der Waals surface area contributed by atoms with Crippen molar-refractivity contribution in [2.75, 3.05) is 7.11 Å². The largest absolute Gasteiger partial charge is 0.497 e. The van der Waals surface area contributed by atoms with Crippen LogP contribution in [0.2, 0.25) is 0 Å². The summed E-state index contributed by atoms with van der Waals surface area (Å²) < 4.78 is 5.16. The van der Waals surface area contributed by atoms with Gasteiger partial charge in [0.2, 0.25) is 0 Å². The highest BCUT2D eigenvalue weighted by Gasteiger charge is 2.07. The summed E-state index contributed by atoms with van der Waals surface area (Å²) in [6.07, 6.45) is 0. The molecule has 0 bridgehead atoms. The Balaban J connectivity index is 2.52. The van der Waals surface area contributed by atoms with Crippen LogP contribution < -0.4 is 4.74 Å². The summed E-state index contributed by atoms with van der Waals surface area (Å²) in [5, 5.41) is 2.08. The van der Waals surface area contributed by atoms with Crippen LogP contribution in [0.1, 0.15) is 17.3 Å². The molecule has 0 aliphatic rings. The van der Waals surface area contributed by atoms with Crippen molar-refractivity contribution in [2.45, 2.75) is 6.92 Å². The molecule has 0 aromatic heterocycles. The first-order valence-corrected chi connectivity index (χ1v) is 5.40. The number of methoxy groups -OCH3 is 1. The van der Waals surface area contributed by atoms with E-state index < -0.39 is 0 Å². The van der Waals surface area contributed by atoms with Crippen LogP contribution in [-0.4, -0.2) is 12.9 Å². The molecule has 17 heavy (non-hydrogen) atoms. The molecule has 2 rings (SSSR count). The number of hydrogen-bond donors (Lipinski definition) is 0. The topological polar surface area (TPSA) is 26.3 Å². The second kappa shape index (κ2) is 4.42. The Kier molecular flexibility index (Phi) is 2.96. The van der Waals surface area contributed by atoms with Gasteiger partial charge < -0.3 is 4.74 Å². The van der Waals surface area contributed by atoms with Crippen molar-refractivity contribution < 1.29 is 9.53 Å². The summed E-state index contributed by atoms with van der Waals surface area (Å²) >= 11 is 0. The molecule has 0 fully saturated rings. The van der Waals surface area contributed by atoms with E-state index >= 15 is 0 Å². The third kappa shape index (κ3) is 2.21. The molecule has 0 radical (unpaired) electrons. The van der Waals surface area contributed by atoms with E-state index in [0.29, 0.717) is 11.1 Å². The van der Waals surface area contributed by atoms with Gasteiger partial charge in [-0.05, 0) is 41.5 Å². The summed E-state index contributed by atoms with van der Waals surface area (Å²) in [6.45, 7) is 5.39. The molecule has 0 aliphatic heterocycles. The summed E-state index contributed by atoms with van der Waals surface area (Å²) in [4.78, 5) is 11.8. The van der Waals surface area contributed by atoms with Crippen LogP contribution in [0.15, 0.2) is 48.6 Å². The van der Waals surface area contributed by atoms with Gasteiger partial charge in [0.15, 0.2) is 5.78 Å². The van der Waals surface area contributed by atoms with Crippen LogP contribution in [-0.2, 0) is 0 Å². The molecule has 0 spiro atoms. The van der Waals surface area contributed by atoms with E-state index in [2.05, 4.69) is 6.58 Å². The van der Waals surface area contributed by atoms with Gasteiger partial charge in [0, 0.05) is 5.56 Å². The Bertz CT molecular complexity index is 597. The van der Waals surface area contributed by atoms with Gasteiger partial charge in [-0.15, -0.1) is 0 Å². The fourth-order valence-corrected chi connectivity index (χ4v) is 1.74. The van der Waals surface area contributed by atoms with Crippen LogP contribution in [0.25, 0.3) is 10.8 Å². The molecule has 0 heterocycles. The molecule has 0 N–H and O–H groups in total. The number of carbonyl (C=O) groups is 1. The highest BCUT2D eigenvalue weighted by molar-refractivity contribution is 6.09. The Morgan fingerprint density at radius 2 is 1.76 bits per heavy atom. The molecule has 2 aromatic carbocycles. The summed E-state index contributed by atoms with van der Waals surface area (Å²) in [5.41, 5.74) is 1.23. The van der Waals surface area contributed by atoms with Gasteiger partial charge in [-0.25, -0.2) is 0 Å². The second-order valence-corrected chi connectivity index (χ2v) is 4.04. The lowest BCUT2D eigenvalue weighted by Gasteiger charge is -2.05. The van der Waals surface area contributed by atoms with Crippen molar-refractivity contribution >= 4 is 16.6 Å². The van der Waals surface area contributed by atoms with Crippen LogP contribution in [0.4, 0.5) is 0 Å². The number of rotatable bonds is 3. The Hall–Kier alpha value is -2.09. The summed E-state index contributed by atoms with van der Waals surface area (Å²) in [5.74, 6) is 0.805. The molecule has 0 atom stereocenters. The number of Topliss-reactive ketones (excluding diaryl/α,β-unsaturated/α-hetero) is 1. The van der Waals surface area contributed by atoms with Crippen molar-refractivity contribution in [2.24, 2.45) is 0 Å². The maximum Gasteiger partial charge on any atom is 0.188 e. The van der Waals surface area contributed by atoms with Gasteiger partial charge in [0.05, 0.1) is 7.11 Å². The van der Waals surface area contributed by atoms with Crippen LogP contribution in [0, 0.1) is 0 Å². The summed E-state index contributed by atoms with van der Waals surface area (Å²) in [6, 6.07) is 11.4. The van der Waals surface area contributed by atoms with E-state index in [9.17, 15) is 4.79 Å². The molecule has 2 nitrogen and oxygen atoms in total. The van der Waals surface area contributed by atoms with E-state index in [1.165, 1.54) is 0 Å². The SMILES string of the molecule is C=C(C)C(=O)c1ccc2cc(OC)ccc2c1. The number of allylic oxidation sites excluding steroid dienone is 1. The predicted octanol–water partition coefficient (Wildman–Crippen LogP) is 3.61. The molecule has 0 aliphatic carbocycles. The minimum atomic E-state index is -0.0114. The van der Waals surface area contributed by atoms with Crippen LogP contribution in [0.5, 0.6) is 5.75 Å². The third-order valence-corrected chi connectivity index (χ3v) is 2.70. The number of hydrogen-bond acceptors (Lipinski definition) is 2. The predicted molar refractivity (Wildman–Crippen MR) is 69.6 cm³/mol. The smallest absolute Gasteiger partial charge is 0.188 e. The molecule has 0 saturated carbocycles. The van der Waals surface area contributed by atoms with Gasteiger partial charge in [-0.2, -0.15) is 0 Å². The minimum Gasteiger partial charge on any atom is -0.497 e.